The molecule has 0 bridgehead atoms. The maximum atomic E-state index is 13.0. The van der Waals surface area contributed by atoms with Crippen molar-refractivity contribution in [2.75, 3.05) is 20.3 Å². The molecule has 3 aromatic carbocycles. The van der Waals surface area contributed by atoms with Crippen molar-refractivity contribution in [1.29, 1.82) is 0 Å². The van der Waals surface area contributed by atoms with Crippen LogP contribution < -0.4 is 5.32 Å². The smallest absolute Gasteiger partial charge is 0.251 e. The number of benzene rings is 3. The summed E-state index contributed by atoms with van der Waals surface area (Å²) in [5, 5.41) is 3.02. The maximum Gasteiger partial charge on any atom is 0.251 e. The molecule has 0 unspecified atom stereocenters. The molecule has 4 rings (SSSR count). The molecule has 1 saturated heterocycles. The fourth-order valence-electron chi connectivity index (χ4n) is 4.71. The van der Waals surface area contributed by atoms with Crippen LogP contribution in [0.5, 0.6) is 0 Å². The number of ether oxygens (including phenoxy) is 5. The summed E-state index contributed by atoms with van der Waals surface area (Å²) in [6.07, 6.45) is 0.612. The molecular weight excluding hydrogens is 633 g/mol. The van der Waals surface area contributed by atoms with E-state index in [2.05, 4.69) is 34.5 Å². The van der Waals surface area contributed by atoms with Crippen LogP contribution in [0.2, 0.25) is 0 Å². The number of carbonyl (C=O) groups is 1. The Morgan fingerprint density at radius 2 is 1.56 bits per heavy atom. The van der Waals surface area contributed by atoms with Crippen molar-refractivity contribution in [2.45, 2.75) is 56.8 Å². The van der Waals surface area contributed by atoms with E-state index in [-0.39, 0.29) is 12.5 Å². The predicted octanol–water partition coefficient (Wildman–Crippen LogP) is 5.91. The number of unbranched alkanes of at least 4 members (excludes halogenated alkanes) is 1. The Morgan fingerprint density at radius 1 is 0.902 bits per heavy atom. The zero-order valence-corrected chi connectivity index (χ0v) is 25.5. The Labute approximate surface area is 256 Å². The van der Waals surface area contributed by atoms with Crippen LogP contribution in [0.3, 0.4) is 0 Å². The maximum absolute atomic E-state index is 13.0. The predicted molar refractivity (Wildman–Crippen MR) is 166 cm³/mol. The molecule has 1 amide bonds. The van der Waals surface area contributed by atoms with Crippen molar-refractivity contribution in [3.63, 3.8) is 0 Å². The lowest BCUT2D eigenvalue weighted by Crippen LogP contribution is -2.62. The van der Waals surface area contributed by atoms with E-state index in [1.807, 2.05) is 84.9 Å². The van der Waals surface area contributed by atoms with Crippen LogP contribution in [0.25, 0.3) is 0 Å². The lowest BCUT2D eigenvalue weighted by atomic mass is 9.97. The number of hydrogen-bond acceptors (Lipinski definition) is 6. The summed E-state index contributed by atoms with van der Waals surface area (Å²) < 4.78 is 32.6. The van der Waals surface area contributed by atoms with E-state index in [1.54, 1.807) is 13.2 Å². The third-order valence-electron chi connectivity index (χ3n) is 6.81. The normalized spacial score (nSPS) is 22.2. The first-order valence-electron chi connectivity index (χ1n) is 13.8. The van der Waals surface area contributed by atoms with E-state index in [4.69, 9.17) is 23.7 Å². The van der Waals surface area contributed by atoms with E-state index in [1.165, 1.54) is 0 Å². The fraction of sp³-hybridized carbons (Fsp3) is 0.364. The number of halogens is 1. The van der Waals surface area contributed by atoms with E-state index < -0.39 is 30.7 Å². The largest absolute Gasteiger partial charge is 0.373 e. The minimum absolute atomic E-state index is 0.185. The first kappa shape index (κ1) is 31.3. The van der Waals surface area contributed by atoms with Gasteiger partial charge in [0.2, 0.25) is 0 Å². The molecule has 3 aromatic rings. The van der Waals surface area contributed by atoms with Crippen molar-refractivity contribution in [2.24, 2.45) is 0 Å². The average molecular weight is 672 g/mol. The number of amides is 1. The molecule has 1 aliphatic heterocycles. The van der Waals surface area contributed by atoms with Gasteiger partial charge in [-0.2, -0.15) is 0 Å². The van der Waals surface area contributed by atoms with Crippen molar-refractivity contribution in [1.82, 2.24) is 5.32 Å². The molecule has 8 heteroatoms. The lowest BCUT2D eigenvalue weighted by Gasteiger charge is -2.45. The monoisotopic (exact) mass is 671 g/mol. The number of allylic oxidation sites excluding steroid dienone is 1. The van der Waals surface area contributed by atoms with Crippen LogP contribution >= 0.6 is 22.6 Å². The van der Waals surface area contributed by atoms with Gasteiger partial charge in [0, 0.05) is 29.4 Å². The van der Waals surface area contributed by atoms with E-state index in [9.17, 15) is 4.79 Å². The average Bonchev–Trinajstić information content (AvgIpc) is 3.01. The molecule has 0 aromatic heterocycles. The van der Waals surface area contributed by atoms with Gasteiger partial charge < -0.3 is 29.0 Å². The molecule has 0 aliphatic carbocycles. The molecule has 0 radical (unpaired) electrons. The zero-order valence-electron chi connectivity index (χ0n) is 23.3. The van der Waals surface area contributed by atoms with Crippen molar-refractivity contribution >= 4 is 28.5 Å². The summed E-state index contributed by atoms with van der Waals surface area (Å²) >= 11 is 2.20. The van der Waals surface area contributed by atoms with E-state index >= 15 is 0 Å². The summed E-state index contributed by atoms with van der Waals surface area (Å²) in [6.45, 7) is 5.24. The van der Waals surface area contributed by atoms with E-state index in [0.29, 0.717) is 25.4 Å². The van der Waals surface area contributed by atoms with E-state index in [0.717, 1.165) is 27.5 Å². The van der Waals surface area contributed by atoms with Gasteiger partial charge in [-0.1, -0.05) is 72.8 Å². The highest BCUT2D eigenvalue weighted by atomic mass is 127. The quantitative estimate of drug-likeness (QED) is 0.123. The van der Waals surface area contributed by atoms with Gasteiger partial charge in [0.1, 0.15) is 24.4 Å². The highest BCUT2D eigenvalue weighted by Crippen LogP contribution is 2.30. The first-order valence-corrected chi connectivity index (χ1v) is 14.9. The topological polar surface area (TPSA) is 75.2 Å². The fourth-order valence-corrected chi connectivity index (χ4v) is 5.25. The van der Waals surface area contributed by atoms with Gasteiger partial charge in [0.25, 0.3) is 5.91 Å². The highest BCUT2D eigenvalue weighted by molar-refractivity contribution is 14.1. The second-order valence-corrected chi connectivity index (χ2v) is 11.0. The first-order chi connectivity index (χ1) is 20.1. The Bertz CT molecular complexity index is 1210. The van der Waals surface area contributed by atoms with Crippen LogP contribution in [0.1, 0.15) is 34.3 Å². The molecule has 7 nitrogen and oxygen atoms in total. The molecule has 5 atom stereocenters. The number of rotatable bonds is 15. The Kier molecular flexibility index (Phi) is 12.8. The van der Waals surface area contributed by atoms with Crippen molar-refractivity contribution < 1.29 is 28.5 Å². The SMILES string of the molecule is C=CCCCO[C@H]1[C@H](OCc2ccccc2)[C@@H](OCc2ccccc2)[C@@H](OC)O[C@@H]1CNC(=O)c1cccc(I)c1. The van der Waals surface area contributed by atoms with Crippen LogP contribution in [-0.2, 0) is 36.9 Å². The lowest BCUT2D eigenvalue weighted by molar-refractivity contribution is -0.315. The van der Waals surface area contributed by atoms with Gasteiger partial charge in [-0.05, 0) is 64.8 Å². The van der Waals surface area contributed by atoms with Gasteiger partial charge in [0.15, 0.2) is 6.29 Å². The summed E-state index contributed by atoms with van der Waals surface area (Å²) in [6, 6.07) is 27.4. The van der Waals surface area contributed by atoms with Gasteiger partial charge in [0.05, 0.1) is 13.2 Å². The number of nitrogens with one attached hydrogen (secondary N) is 1. The van der Waals surface area contributed by atoms with Crippen molar-refractivity contribution in [3.05, 3.63) is 118 Å². The van der Waals surface area contributed by atoms with Gasteiger partial charge >= 0.3 is 0 Å². The third kappa shape index (κ3) is 9.46. The summed E-state index contributed by atoms with van der Waals surface area (Å²) in [4.78, 5) is 13.0. The van der Waals surface area contributed by atoms with Gasteiger partial charge in [-0.25, -0.2) is 0 Å². The Balaban J connectivity index is 1.57. The van der Waals surface area contributed by atoms with Gasteiger partial charge in [-0.3, -0.25) is 4.79 Å². The minimum Gasteiger partial charge on any atom is -0.373 e. The number of hydrogen-bond donors (Lipinski definition) is 1. The highest BCUT2D eigenvalue weighted by Gasteiger charge is 2.48. The molecule has 0 spiro atoms. The molecule has 1 fully saturated rings. The molecule has 218 valence electrons. The summed E-state index contributed by atoms with van der Waals surface area (Å²) in [7, 11) is 1.59. The Hall–Kier alpha value is -2.60. The minimum atomic E-state index is -0.730. The van der Waals surface area contributed by atoms with Crippen molar-refractivity contribution in [3.8, 4) is 0 Å². The standard InChI is InChI=1S/C33H38INO6/c1-3-4-11-19-38-29-28(21-35-32(36)26-17-12-18-27(34)20-26)41-33(37-2)31(40-23-25-15-9-6-10-16-25)30(29)39-22-24-13-7-5-8-14-24/h3,5-10,12-18,20,28-31,33H,1,4,11,19,21-23H2,2H3,(H,35,36)/t28-,29-,30+,31-,33+/m1/s1. The zero-order chi connectivity index (χ0) is 28.9. The molecule has 1 heterocycles. The molecule has 0 saturated carbocycles. The molecule has 41 heavy (non-hydrogen) atoms. The molecule has 1 aliphatic rings. The van der Waals surface area contributed by atoms with Crippen LogP contribution in [0.4, 0.5) is 0 Å². The van der Waals surface area contributed by atoms with Crippen LogP contribution in [-0.4, -0.2) is 56.9 Å². The van der Waals surface area contributed by atoms with Crippen LogP contribution in [0, 0.1) is 3.57 Å². The third-order valence-corrected chi connectivity index (χ3v) is 7.48. The summed E-state index contributed by atoms with van der Waals surface area (Å²) in [5.41, 5.74) is 2.64. The second kappa shape index (κ2) is 16.7. The molecular formula is C33H38INO6. The number of carbonyl (C=O) groups excluding carboxylic acids is 1. The Morgan fingerprint density at radius 3 is 2.17 bits per heavy atom. The molecule has 1 N–H and O–H groups in total. The van der Waals surface area contributed by atoms with Gasteiger partial charge in [-0.15, -0.1) is 6.58 Å². The van der Waals surface area contributed by atoms with Crippen LogP contribution in [0.15, 0.2) is 97.6 Å². The summed E-state index contributed by atoms with van der Waals surface area (Å²) in [5.74, 6) is -0.185. The number of methoxy groups -OCH3 is 1. The second-order valence-electron chi connectivity index (χ2n) is 9.79.